The summed E-state index contributed by atoms with van der Waals surface area (Å²) < 4.78 is 4.79. The largest absolute Gasteiger partial charge is 0.392 e. The molecule has 0 aromatic carbocycles. The molecule has 4 N–H and O–H groups in total. The molecule has 160 valence electrons. The van der Waals surface area contributed by atoms with Crippen LogP contribution >= 0.6 is 0 Å². The number of fused-ring (bicyclic) bond motifs is 5. The normalized spacial score (nSPS) is 50.9. The molecule has 10 atom stereocenters. The Morgan fingerprint density at radius 2 is 1.86 bits per heavy atom. The highest BCUT2D eigenvalue weighted by atomic mass is 16.5. The van der Waals surface area contributed by atoms with Crippen molar-refractivity contribution in [3.63, 3.8) is 0 Å². The first-order valence-electron chi connectivity index (χ1n) is 10.7. The molecule has 6 nitrogen and oxygen atoms in total. The van der Waals surface area contributed by atoms with Gasteiger partial charge in [-0.25, -0.2) is 0 Å². The smallest absolute Gasteiger partial charge is 0.316 e. The van der Waals surface area contributed by atoms with Crippen LogP contribution in [-0.2, 0) is 9.53 Å². The van der Waals surface area contributed by atoms with E-state index in [1.54, 1.807) is 0 Å². The van der Waals surface area contributed by atoms with Crippen LogP contribution in [0.1, 0.15) is 52.9 Å². The Hall–Kier alpha value is -1.39. The lowest BCUT2D eigenvalue weighted by atomic mass is 9.46. The van der Waals surface area contributed by atoms with Crippen LogP contribution in [-0.4, -0.2) is 50.8 Å². The minimum Gasteiger partial charge on any atom is -0.392 e. The van der Waals surface area contributed by atoms with Crippen LogP contribution in [0, 0.1) is 46.5 Å². The standard InChI is InChI=1S/C23H32O6/c1-12(24)29-7-5-14-17(25)10-16-21-15(4-6-22(14,16)2)23(3)11-20(28)18(26)8-13(23)9-19(21)27/h9,14-21,25-28H,4,6,8,10-11H2,1-3H3/t14?,15-,16+,17?,18?,19?,20?,21-,22-,23+/m1/s1. The van der Waals surface area contributed by atoms with Crippen molar-refractivity contribution in [1.82, 2.24) is 0 Å². The molecule has 0 bridgehead atoms. The predicted molar refractivity (Wildman–Crippen MR) is 105 cm³/mol. The van der Waals surface area contributed by atoms with Crippen LogP contribution < -0.4 is 0 Å². The molecular weight excluding hydrogens is 372 g/mol. The molecule has 0 amide bonds. The average Bonchev–Trinajstić information content (AvgIpc) is 2.88. The second-order valence-electron chi connectivity index (χ2n) is 10.1. The van der Waals surface area contributed by atoms with Crippen molar-refractivity contribution in [3.8, 4) is 12.0 Å². The van der Waals surface area contributed by atoms with Gasteiger partial charge in [-0.05, 0) is 60.7 Å². The Labute approximate surface area is 172 Å². The van der Waals surface area contributed by atoms with Gasteiger partial charge < -0.3 is 25.2 Å². The third-order valence-corrected chi connectivity index (χ3v) is 8.59. The molecule has 0 saturated heterocycles. The maximum absolute atomic E-state index is 11.1. The molecule has 3 saturated carbocycles. The van der Waals surface area contributed by atoms with Crippen molar-refractivity contribution >= 4 is 5.97 Å². The third-order valence-electron chi connectivity index (χ3n) is 8.59. The monoisotopic (exact) mass is 404 g/mol. The molecule has 0 aliphatic heterocycles. The van der Waals surface area contributed by atoms with Gasteiger partial charge in [-0.2, -0.15) is 0 Å². The number of rotatable bonds is 0. The quantitative estimate of drug-likeness (QED) is 0.276. The van der Waals surface area contributed by atoms with Crippen LogP contribution in [0.2, 0.25) is 0 Å². The Kier molecular flexibility index (Phi) is 5.10. The summed E-state index contributed by atoms with van der Waals surface area (Å²) in [5.74, 6) is 2.44. The lowest BCUT2D eigenvalue weighted by Gasteiger charge is -2.59. The van der Waals surface area contributed by atoms with Crippen molar-refractivity contribution in [3.05, 3.63) is 11.6 Å². The molecule has 5 unspecified atom stereocenters. The van der Waals surface area contributed by atoms with E-state index < -0.39 is 30.4 Å². The molecule has 29 heavy (non-hydrogen) atoms. The van der Waals surface area contributed by atoms with Gasteiger partial charge >= 0.3 is 5.97 Å². The van der Waals surface area contributed by atoms with Crippen molar-refractivity contribution < 1.29 is 30.0 Å². The van der Waals surface area contributed by atoms with Gasteiger partial charge in [0.25, 0.3) is 0 Å². The van der Waals surface area contributed by atoms with Crippen LogP contribution in [0.5, 0.6) is 0 Å². The van der Waals surface area contributed by atoms with Crippen LogP contribution in [0.15, 0.2) is 11.6 Å². The van der Waals surface area contributed by atoms with E-state index in [0.717, 1.165) is 18.4 Å². The summed E-state index contributed by atoms with van der Waals surface area (Å²) in [4.78, 5) is 11.0. The van der Waals surface area contributed by atoms with Gasteiger partial charge in [0, 0.05) is 6.92 Å². The second kappa shape index (κ2) is 7.09. The molecule has 4 aliphatic carbocycles. The van der Waals surface area contributed by atoms with Crippen LogP contribution in [0.3, 0.4) is 0 Å². The first-order chi connectivity index (χ1) is 13.6. The number of esters is 1. The zero-order valence-corrected chi connectivity index (χ0v) is 17.3. The lowest BCUT2D eigenvalue weighted by molar-refractivity contribution is -0.134. The topological polar surface area (TPSA) is 107 Å². The Morgan fingerprint density at radius 3 is 2.55 bits per heavy atom. The number of hydrogen-bond donors (Lipinski definition) is 4. The first-order valence-corrected chi connectivity index (χ1v) is 10.7. The van der Waals surface area contributed by atoms with E-state index in [0.29, 0.717) is 19.3 Å². The van der Waals surface area contributed by atoms with E-state index in [9.17, 15) is 25.2 Å². The van der Waals surface area contributed by atoms with Crippen molar-refractivity contribution in [2.24, 2.45) is 34.5 Å². The highest BCUT2D eigenvalue weighted by Crippen LogP contribution is 2.66. The minimum atomic E-state index is -0.777. The summed E-state index contributed by atoms with van der Waals surface area (Å²) >= 11 is 0. The van der Waals surface area contributed by atoms with Gasteiger partial charge in [0.1, 0.15) is 6.11 Å². The van der Waals surface area contributed by atoms with Gasteiger partial charge in [0.2, 0.25) is 0 Å². The SMILES string of the molecule is CC(=O)OC#CC1C(O)C[C@H]2[C@@H]3C(O)C=C4CC(O)C(O)C[C@]4(C)[C@@H]3CC[C@]12C. The summed E-state index contributed by atoms with van der Waals surface area (Å²) in [6.45, 7) is 5.59. The number of ether oxygens (including phenoxy) is 1. The number of carbonyl (C=O) groups is 1. The fourth-order valence-electron chi connectivity index (χ4n) is 7.12. The molecular formula is C23H32O6. The highest BCUT2D eigenvalue weighted by molar-refractivity contribution is 5.67. The minimum absolute atomic E-state index is 0.0277. The lowest BCUT2D eigenvalue weighted by Crippen LogP contribution is -2.56. The summed E-state index contributed by atoms with van der Waals surface area (Å²) in [6, 6.07) is 0. The average molecular weight is 405 g/mol. The Balaban J connectivity index is 1.67. The van der Waals surface area contributed by atoms with Gasteiger partial charge in [-0.15, -0.1) is 0 Å². The summed E-state index contributed by atoms with van der Waals surface area (Å²) in [7, 11) is 0. The number of hydrogen-bond acceptors (Lipinski definition) is 6. The predicted octanol–water partition coefficient (Wildman–Crippen LogP) is 1.36. The molecule has 4 rings (SSSR count). The molecule has 0 aromatic rings. The maximum Gasteiger partial charge on any atom is 0.316 e. The number of carbonyl (C=O) groups excluding carboxylic acids is 1. The molecule has 0 aromatic heterocycles. The fraction of sp³-hybridized carbons (Fsp3) is 0.783. The second-order valence-corrected chi connectivity index (χ2v) is 10.1. The zero-order chi connectivity index (χ0) is 21.1. The van der Waals surface area contributed by atoms with Crippen molar-refractivity contribution in [2.75, 3.05) is 0 Å². The van der Waals surface area contributed by atoms with Crippen LogP contribution in [0.25, 0.3) is 0 Å². The molecule has 4 aliphatic rings. The molecule has 3 fully saturated rings. The highest BCUT2D eigenvalue weighted by Gasteiger charge is 2.63. The van der Waals surface area contributed by atoms with Gasteiger partial charge in [0.05, 0.1) is 30.3 Å². The summed E-state index contributed by atoms with van der Waals surface area (Å²) in [5.41, 5.74) is 0.525. The zero-order valence-electron chi connectivity index (χ0n) is 17.3. The van der Waals surface area contributed by atoms with E-state index in [1.165, 1.54) is 6.92 Å². The van der Waals surface area contributed by atoms with E-state index in [-0.39, 0.29) is 34.5 Å². The van der Waals surface area contributed by atoms with Gasteiger partial charge in [-0.1, -0.05) is 31.4 Å². The van der Waals surface area contributed by atoms with E-state index >= 15 is 0 Å². The number of aliphatic hydroxyl groups excluding tert-OH is 4. The van der Waals surface area contributed by atoms with Gasteiger partial charge in [-0.3, -0.25) is 4.79 Å². The summed E-state index contributed by atoms with van der Waals surface area (Å²) in [5, 5.41) is 42.4. The van der Waals surface area contributed by atoms with Crippen molar-refractivity contribution in [1.29, 1.82) is 0 Å². The molecule has 0 radical (unpaired) electrons. The Bertz CT molecular complexity index is 780. The van der Waals surface area contributed by atoms with E-state index in [4.69, 9.17) is 4.74 Å². The van der Waals surface area contributed by atoms with E-state index in [1.807, 2.05) is 6.08 Å². The molecule has 0 heterocycles. The van der Waals surface area contributed by atoms with Crippen LogP contribution in [0.4, 0.5) is 0 Å². The van der Waals surface area contributed by atoms with Crippen molar-refractivity contribution in [2.45, 2.75) is 77.3 Å². The maximum atomic E-state index is 11.1. The third kappa shape index (κ3) is 3.14. The molecule has 6 heteroatoms. The fourth-order valence-corrected chi connectivity index (χ4v) is 7.12. The van der Waals surface area contributed by atoms with Gasteiger partial charge in [0.15, 0.2) is 0 Å². The summed E-state index contributed by atoms with van der Waals surface area (Å²) in [6.07, 6.45) is 4.74. The number of aliphatic hydroxyl groups is 4. The van der Waals surface area contributed by atoms with E-state index in [2.05, 4.69) is 25.9 Å². The molecule has 0 spiro atoms. The Morgan fingerprint density at radius 1 is 1.14 bits per heavy atom. The first kappa shape index (κ1) is 20.9.